The average Bonchev–Trinajstić information content (AvgIpc) is 2.67. The first-order valence-corrected chi connectivity index (χ1v) is 9.46. The first-order valence-electron chi connectivity index (χ1n) is 9.08. The number of hydrogen-bond acceptors (Lipinski definition) is 4. The van der Waals surface area contributed by atoms with E-state index in [0.717, 1.165) is 5.56 Å². The van der Waals surface area contributed by atoms with Crippen molar-refractivity contribution in [1.82, 2.24) is 20.2 Å². The summed E-state index contributed by atoms with van der Waals surface area (Å²) in [5, 5.41) is 3.87. The van der Waals surface area contributed by atoms with Crippen LogP contribution in [0.25, 0.3) is 10.9 Å². The van der Waals surface area contributed by atoms with Gasteiger partial charge in [-0.05, 0) is 29.8 Å². The van der Waals surface area contributed by atoms with Crippen LogP contribution in [0.5, 0.6) is 0 Å². The predicted molar refractivity (Wildman–Crippen MR) is 111 cm³/mol. The SMILES string of the molecule is CC(=O)N[C@H](CC(=O)N(C)Cc1nc2ccccc2c(=O)[nH]1)c1ccc(Cl)cc1. The van der Waals surface area contributed by atoms with Crippen molar-refractivity contribution in [1.29, 1.82) is 0 Å². The number of halogens is 1. The zero-order chi connectivity index (χ0) is 21.0. The summed E-state index contributed by atoms with van der Waals surface area (Å²) >= 11 is 5.92. The summed E-state index contributed by atoms with van der Waals surface area (Å²) in [6.07, 6.45) is 0.0650. The highest BCUT2D eigenvalue weighted by atomic mass is 35.5. The van der Waals surface area contributed by atoms with Crippen LogP contribution in [0.1, 0.15) is 30.8 Å². The molecule has 0 saturated heterocycles. The van der Waals surface area contributed by atoms with Gasteiger partial charge in [-0.2, -0.15) is 0 Å². The molecule has 0 aliphatic rings. The number of fused-ring (bicyclic) bond motifs is 1. The van der Waals surface area contributed by atoms with Gasteiger partial charge in [-0.3, -0.25) is 14.4 Å². The van der Waals surface area contributed by atoms with Crippen molar-refractivity contribution in [3.8, 4) is 0 Å². The minimum atomic E-state index is -0.483. The van der Waals surface area contributed by atoms with Crippen LogP contribution in [-0.4, -0.2) is 33.7 Å². The Morgan fingerprint density at radius 1 is 1.17 bits per heavy atom. The fourth-order valence-electron chi connectivity index (χ4n) is 3.05. The van der Waals surface area contributed by atoms with E-state index in [1.807, 2.05) is 0 Å². The molecule has 0 radical (unpaired) electrons. The van der Waals surface area contributed by atoms with Crippen LogP contribution in [0.3, 0.4) is 0 Å². The fraction of sp³-hybridized carbons (Fsp3) is 0.238. The summed E-state index contributed by atoms with van der Waals surface area (Å²) < 4.78 is 0. The number of nitrogens with zero attached hydrogens (tertiary/aromatic N) is 2. The van der Waals surface area contributed by atoms with Gasteiger partial charge in [0.05, 0.1) is 29.9 Å². The highest BCUT2D eigenvalue weighted by Gasteiger charge is 2.20. The summed E-state index contributed by atoms with van der Waals surface area (Å²) in [5.41, 5.74) is 1.11. The molecule has 7 nitrogen and oxygen atoms in total. The number of aromatic nitrogens is 2. The smallest absolute Gasteiger partial charge is 0.258 e. The van der Waals surface area contributed by atoms with E-state index in [0.29, 0.717) is 21.7 Å². The van der Waals surface area contributed by atoms with Gasteiger partial charge in [-0.1, -0.05) is 35.9 Å². The third-order valence-electron chi connectivity index (χ3n) is 4.50. The van der Waals surface area contributed by atoms with Gasteiger partial charge >= 0.3 is 0 Å². The quantitative estimate of drug-likeness (QED) is 0.650. The Morgan fingerprint density at radius 3 is 2.55 bits per heavy atom. The summed E-state index contributed by atoms with van der Waals surface area (Å²) in [7, 11) is 1.63. The number of aromatic amines is 1. The Morgan fingerprint density at radius 2 is 1.86 bits per heavy atom. The molecule has 3 rings (SSSR count). The maximum absolute atomic E-state index is 12.8. The van der Waals surface area contributed by atoms with Crippen molar-refractivity contribution in [2.75, 3.05) is 7.05 Å². The van der Waals surface area contributed by atoms with Crippen LogP contribution in [0.4, 0.5) is 0 Å². The number of benzene rings is 2. The zero-order valence-electron chi connectivity index (χ0n) is 16.1. The second-order valence-electron chi connectivity index (χ2n) is 6.79. The first-order chi connectivity index (χ1) is 13.8. The lowest BCUT2D eigenvalue weighted by atomic mass is 10.0. The Labute approximate surface area is 172 Å². The highest BCUT2D eigenvalue weighted by molar-refractivity contribution is 6.30. The van der Waals surface area contributed by atoms with Gasteiger partial charge < -0.3 is 15.2 Å². The number of nitrogens with one attached hydrogen (secondary N) is 2. The van der Waals surface area contributed by atoms with Crippen LogP contribution in [0, 0.1) is 0 Å². The minimum absolute atomic E-state index is 0.0650. The Hall–Kier alpha value is -3.19. The lowest BCUT2D eigenvalue weighted by Gasteiger charge is -2.22. The fourth-order valence-corrected chi connectivity index (χ4v) is 3.17. The molecule has 0 spiro atoms. The van der Waals surface area contributed by atoms with Gasteiger partial charge in [0.15, 0.2) is 0 Å². The van der Waals surface area contributed by atoms with Crippen LogP contribution in [0.2, 0.25) is 5.02 Å². The van der Waals surface area contributed by atoms with Gasteiger partial charge in [0.2, 0.25) is 11.8 Å². The van der Waals surface area contributed by atoms with Crippen molar-refractivity contribution >= 4 is 34.3 Å². The molecule has 8 heteroatoms. The lowest BCUT2D eigenvalue weighted by Crippen LogP contribution is -2.34. The van der Waals surface area contributed by atoms with Crippen LogP contribution >= 0.6 is 11.6 Å². The lowest BCUT2D eigenvalue weighted by molar-refractivity contribution is -0.131. The molecule has 0 aliphatic heterocycles. The molecule has 0 bridgehead atoms. The van der Waals surface area contributed by atoms with Gasteiger partial charge in [0, 0.05) is 19.0 Å². The molecule has 29 heavy (non-hydrogen) atoms. The van der Waals surface area contributed by atoms with E-state index >= 15 is 0 Å². The summed E-state index contributed by atoms with van der Waals surface area (Å²) in [6.45, 7) is 1.55. The molecule has 2 amide bonds. The molecule has 2 aromatic carbocycles. The Bertz CT molecular complexity index is 1100. The van der Waals surface area contributed by atoms with E-state index < -0.39 is 6.04 Å². The Kier molecular flexibility index (Phi) is 6.29. The van der Waals surface area contributed by atoms with E-state index in [2.05, 4.69) is 15.3 Å². The number of carbonyl (C=O) groups is 2. The van der Waals surface area contributed by atoms with Crippen molar-refractivity contribution in [3.05, 3.63) is 75.3 Å². The van der Waals surface area contributed by atoms with Crippen molar-refractivity contribution in [2.24, 2.45) is 0 Å². The van der Waals surface area contributed by atoms with Crippen molar-refractivity contribution in [3.63, 3.8) is 0 Å². The molecule has 0 saturated carbocycles. The second-order valence-corrected chi connectivity index (χ2v) is 7.22. The van der Waals surface area contributed by atoms with Crippen molar-refractivity contribution < 1.29 is 9.59 Å². The number of hydrogen-bond donors (Lipinski definition) is 2. The number of carbonyl (C=O) groups excluding carboxylic acids is 2. The maximum Gasteiger partial charge on any atom is 0.258 e. The summed E-state index contributed by atoms with van der Waals surface area (Å²) in [5.74, 6) is -0.0393. The van der Waals surface area contributed by atoms with Crippen LogP contribution < -0.4 is 10.9 Å². The number of para-hydroxylation sites is 1. The molecule has 1 heterocycles. The van der Waals surface area contributed by atoms with E-state index in [1.54, 1.807) is 55.6 Å². The highest BCUT2D eigenvalue weighted by Crippen LogP contribution is 2.20. The molecule has 1 aromatic heterocycles. The molecule has 0 unspecified atom stereocenters. The normalized spacial score (nSPS) is 11.8. The van der Waals surface area contributed by atoms with E-state index in [-0.39, 0.29) is 30.3 Å². The summed E-state index contributed by atoms with van der Waals surface area (Å²) in [4.78, 5) is 45.2. The van der Waals surface area contributed by atoms with Crippen LogP contribution in [0.15, 0.2) is 53.3 Å². The molecular weight excluding hydrogens is 392 g/mol. The van der Waals surface area contributed by atoms with Gasteiger partial charge in [0.25, 0.3) is 5.56 Å². The Balaban J connectivity index is 1.75. The molecular formula is C21H21ClN4O3. The standard InChI is InChI=1S/C21H21ClN4O3/c1-13(27)23-18(14-7-9-15(22)10-8-14)11-20(28)26(2)12-19-24-17-6-4-3-5-16(17)21(29)25-19/h3-10,18H,11-12H2,1-2H3,(H,23,27)(H,24,25,29)/t18-/m1/s1. The number of rotatable bonds is 6. The van der Waals surface area contributed by atoms with Crippen LogP contribution in [-0.2, 0) is 16.1 Å². The first kappa shape index (κ1) is 20.5. The molecule has 150 valence electrons. The summed E-state index contributed by atoms with van der Waals surface area (Å²) in [6, 6.07) is 13.5. The molecule has 0 fully saturated rings. The molecule has 3 aromatic rings. The largest absolute Gasteiger partial charge is 0.349 e. The zero-order valence-corrected chi connectivity index (χ0v) is 16.9. The monoisotopic (exact) mass is 412 g/mol. The number of amides is 2. The molecule has 2 N–H and O–H groups in total. The van der Waals surface area contributed by atoms with E-state index in [9.17, 15) is 14.4 Å². The third-order valence-corrected chi connectivity index (χ3v) is 4.76. The second kappa shape index (κ2) is 8.87. The third kappa shape index (κ3) is 5.20. The van der Waals surface area contributed by atoms with Gasteiger partial charge in [0.1, 0.15) is 5.82 Å². The predicted octanol–water partition coefficient (Wildman–Crippen LogP) is 2.80. The van der Waals surface area contributed by atoms with E-state index in [4.69, 9.17) is 11.6 Å². The topological polar surface area (TPSA) is 95.2 Å². The number of H-pyrrole nitrogens is 1. The van der Waals surface area contributed by atoms with Crippen molar-refractivity contribution in [2.45, 2.75) is 25.9 Å². The van der Waals surface area contributed by atoms with Gasteiger partial charge in [-0.15, -0.1) is 0 Å². The molecule has 1 atom stereocenters. The van der Waals surface area contributed by atoms with E-state index in [1.165, 1.54) is 11.8 Å². The maximum atomic E-state index is 12.8. The average molecular weight is 413 g/mol. The van der Waals surface area contributed by atoms with Gasteiger partial charge in [-0.25, -0.2) is 4.98 Å². The molecule has 0 aliphatic carbocycles. The minimum Gasteiger partial charge on any atom is -0.349 e.